The molecule has 60 heavy (non-hydrogen) atoms. The summed E-state index contributed by atoms with van der Waals surface area (Å²) in [5, 5.41) is 5.15. The second-order valence-electron chi connectivity index (χ2n) is 13.8. The zero-order valence-corrected chi connectivity index (χ0v) is 31.2. The standard InChI is InChI=1S/C20H17F7N2O2.C19H19F7N2O/c1-11(12-6-14(19(22,23)24)8-15(7-12)20(25,26)27)31-10-18(9-28-17(30)29-18)13-2-4-16(21)5-3-13;1-11(29-10-17(28,9-27)13-2-4-16(20)5-3-13)12-6-14(18(21,22)23)8-15(7-12)19(24,25)26/h2-8,11H,9-10H2,1H3,(H2,28,29,30);2-8,11H,9-10,27-28H2,1H3. The molecule has 5 rings (SSSR count). The highest BCUT2D eigenvalue weighted by Crippen LogP contribution is 2.40. The first kappa shape index (κ1) is 47.7. The molecule has 2 amide bonds. The highest BCUT2D eigenvalue weighted by molar-refractivity contribution is 5.78. The number of rotatable bonds is 11. The van der Waals surface area contributed by atoms with Crippen LogP contribution in [0.25, 0.3) is 0 Å². The molecule has 0 aliphatic carbocycles. The zero-order valence-electron chi connectivity index (χ0n) is 31.2. The van der Waals surface area contributed by atoms with Crippen LogP contribution in [0.2, 0.25) is 0 Å². The summed E-state index contributed by atoms with van der Waals surface area (Å²) in [5.74, 6) is -1.03. The number of carbonyl (C=O) groups excluding carboxylic acids is 1. The van der Waals surface area contributed by atoms with Crippen molar-refractivity contribution in [1.82, 2.24) is 10.6 Å². The van der Waals surface area contributed by atoms with E-state index in [0.29, 0.717) is 35.4 Å². The van der Waals surface area contributed by atoms with E-state index in [1.54, 1.807) is 0 Å². The first-order valence-corrected chi connectivity index (χ1v) is 17.5. The Morgan fingerprint density at radius 3 is 1.35 bits per heavy atom. The number of nitrogens with one attached hydrogen (secondary N) is 2. The quantitative estimate of drug-likeness (QED) is 0.112. The number of benzene rings is 4. The van der Waals surface area contributed by atoms with Gasteiger partial charge in [0.2, 0.25) is 0 Å². The summed E-state index contributed by atoms with van der Waals surface area (Å²) in [7, 11) is 0. The third-order valence-electron chi connectivity index (χ3n) is 9.41. The summed E-state index contributed by atoms with van der Waals surface area (Å²) in [6, 6.07) is 12.1. The summed E-state index contributed by atoms with van der Waals surface area (Å²) in [6.45, 7) is 1.89. The van der Waals surface area contributed by atoms with E-state index < -0.39 is 87.9 Å². The van der Waals surface area contributed by atoms with Crippen LogP contribution in [0, 0.1) is 11.6 Å². The van der Waals surface area contributed by atoms with Crippen molar-refractivity contribution in [3.05, 3.63) is 141 Å². The number of halogens is 14. The largest absolute Gasteiger partial charge is 0.416 e. The third-order valence-corrected chi connectivity index (χ3v) is 9.41. The third kappa shape index (κ3) is 12.1. The minimum atomic E-state index is -4.98. The number of hydrogen-bond acceptors (Lipinski definition) is 5. The maximum Gasteiger partial charge on any atom is 0.416 e. The SMILES string of the molecule is CC(OCC(N)(CN)c1ccc(F)cc1)c1cc(C(F)(F)F)cc(C(F)(F)F)c1.CC(OCC1(c2ccc(F)cc2)CNC(=O)N1)c1cc(C(F)(F)F)cc(C(F)(F)F)c1. The van der Waals surface area contributed by atoms with Crippen molar-refractivity contribution >= 4 is 6.03 Å². The Morgan fingerprint density at radius 1 is 0.617 bits per heavy atom. The van der Waals surface area contributed by atoms with Gasteiger partial charge >= 0.3 is 30.7 Å². The van der Waals surface area contributed by atoms with Gasteiger partial charge in [-0.15, -0.1) is 0 Å². The lowest BCUT2D eigenvalue weighted by molar-refractivity contribution is -0.144. The van der Waals surface area contributed by atoms with E-state index in [1.807, 2.05) is 0 Å². The predicted octanol–water partition coefficient (Wildman–Crippen LogP) is 9.90. The lowest BCUT2D eigenvalue weighted by Crippen LogP contribution is -2.48. The summed E-state index contributed by atoms with van der Waals surface area (Å²) >= 11 is 0. The Balaban J connectivity index is 0.000000265. The summed E-state index contributed by atoms with van der Waals surface area (Å²) in [6.07, 6.45) is -22.2. The Hall–Kier alpha value is -4.99. The van der Waals surface area contributed by atoms with Gasteiger partial charge in [0.05, 0.1) is 53.2 Å². The topological polar surface area (TPSA) is 112 Å². The van der Waals surface area contributed by atoms with Crippen molar-refractivity contribution in [3.8, 4) is 0 Å². The average Bonchev–Trinajstić information content (AvgIpc) is 3.56. The zero-order chi connectivity index (χ0) is 45.1. The van der Waals surface area contributed by atoms with Crippen molar-refractivity contribution in [2.24, 2.45) is 11.5 Å². The molecule has 4 aromatic rings. The molecule has 0 radical (unpaired) electrons. The van der Waals surface area contributed by atoms with Gasteiger partial charge in [-0.1, -0.05) is 24.3 Å². The Kier molecular flexibility index (Phi) is 14.2. The molecule has 6 N–H and O–H groups in total. The lowest BCUT2D eigenvalue weighted by atomic mass is 9.91. The van der Waals surface area contributed by atoms with Crippen LogP contribution in [-0.4, -0.2) is 32.3 Å². The van der Waals surface area contributed by atoms with Crippen molar-refractivity contribution in [1.29, 1.82) is 0 Å². The number of urea groups is 1. The molecule has 0 spiro atoms. The highest BCUT2D eigenvalue weighted by Gasteiger charge is 2.42. The molecule has 328 valence electrons. The fourth-order valence-corrected chi connectivity index (χ4v) is 5.85. The van der Waals surface area contributed by atoms with E-state index in [9.17, 15) is 66.3 Å². The fourth-order valence-electron chi connectivity index (χ4n) is 5.85. The van der Waals surface area contributed by atoms with Gasteiger partial charge in [0.1, 0.15) is 17.2 Å². The van der Waals surface area contributed by atoms with Crippen LogP contribution >= 0.6 is 0 Å². The van der Waals surface area contributed by atoms with E-state index in [2.05, 4.69) is 10.6 Å². The van der Waals surface area contributed by atoms with E-state index in [4.69, 9.17) is 20.9 Å². The van der Waals surface area contributed by atoms with Gasteiger partial charge in [-0.05, 0) is 96.8 Å². The first-order chi connectivity index (χ1) is 27.6. The normalized spacial score (nSPS) is 18.1. The number of ether oxygens (including phenoxy) is 2. The lowest BCUT2D eigenvalue weighted by Gasteiger charge is -2.30. The van der Waals surface area contributed by atoms with Gasteiger partial charge in [-0.3, -0.25) is 0 Å². The number of amides is 2. The van der Waals surface area contributed by atoms with Crippen LogP contribution in [0.1, 0.15) is 70.6 Å². The van der Waals surface area contributed by atoms with Gasteiger partial charge < -0.3 is 31.6 Å². The number of nitrogens with two attached hydrogens (primary N) is 2. The van der Waals surface area contributed by atoms with Gasteiger partial charge in [0, 0.05) is 13.1 Å². The van der Waals surface area contributed by atoms with Gasteiger partial charge in [0.25, 0.3) is 0 Å². The molecule has 7 nitrogen and oxygen atoms in total. The second kappa shape index (κ2) is 17.9. The molecule has 1 fully saturated rings. The van der Waals surface area contributed by atoms with Crippen molar-refractivity contribution in [2.75, 3.05) is 26.3 Å². The average molecular weight is 875 g/mol. The summed E-state index contributed by atoms with van der Waals surface area (Å²) in [4.78, 5) is 11.7. The van der Waals surface area contributed by atoms with Gasteiger partial charge in [-0.2, -0.15) is 52.7 Å². The molecular formula is C39H36F14N4O3. The summed E-state index contributed by atoms with van der Waals surface area (Å²) < 4.78 is 194. The minimum Gasteiger partial charge on any atom is -0.371 e. The monoisotopic (exact) mass is 874 g/mol. The van der Waals surface area contributed by atoms with Crippen LogP contribution in [0.15, 0.2) is 84.9 Å². The fraction of sp³-hybridized carbons (Fsp3) is 0.359. The van der Waals surface area contributed by atoms with E-state index in [-0.39, 0.29) is 49.6 Å². The number of carbonyl (C=O) groups is 1. The minimum absolute atomic E-state index is 0.0284. The summed E-state index contributed by atoms with van der Waals surface area (Å²) in [5.41, 5.74) is 3.81. The second-order valence-corrected chi connectivity index (χ2v) is 13.8. The molecule has 21 heteroatoms. The maximum absolute atomic E-state index is 13.3. The smallest absolute Gasteiger partial charge is 0.371 e. The molecule has 1 aliphatic heterocycles. The molecule has 1 saturated heterocycles. The molecule has 1 heterocycles. The molecule has 0 aromatic heterocycles. The molecule has 0 bridgehead atoms. The van der Waals surface area contributed by atoms with Crippen LogP contribution in [-0.2, 0) is 45.3 Å². The van der Waals surface area contributed by atoms with Crippen LogP contribution in [0.4, 0.5) is 66.3 Å². The molecule has 0 saturated carbocycles. The number of hydrogen-bond donors (Lipinski definition) is 4. The van der Waals surface area contributed by atoms with E-state index >= 15 is 0 Å². The molecule has 1 aliphatic rings. The van der Waals surface area contributed by atoms with Crippen LogP contribution in [0.3, 0.4) is 0 Å². The van der Waals surface area contributed by atoms with E-state index in [1.165, 1.54) is 38.1 Å². The van der Waals surface area contributed by atoms with Crippen molar-refractivity contribution in [3.63, 3.8) is 0 Å². The van der Waals surface area contributed by atoms with Crippen LogP contribution in [0.5, 0.6) is 0 Å². The highest BCUT2D eigenvalue weighted by atomic mass is 19.4. The maximum atomic E-state index is 13.3. The Labute approximate surface area is 333 Å². The molecular weight excluding hydrogens is 838 g/mol. The van der Waals surface area contributed by atoms with E-state index in [0.717, 1.165) is 24.3 Å². The van der Waals surface area contributed by atoms with Crippen LogP contribution < -0.4 is 22.1 Å². The van der Waals surface area contributed by atoms with Crippen molar-refractivity contribution in [2.45, 2.75) is 61.8 Å². The van der Waals surface area contributed by atoms with Crippen molar-refractivity contribution < 1.29 is 75.7 Å². The van der Waals surface area contributed by atoms with Gasteiger partial charge in [0.15, 0.2) is 0 Å². The first-order valence-electron chi connectivity index (χ1n) is 17.5. The Bertz CT molecular complexity index is 2020. The molecule has 4 aromatic carbocycles. The predicted molar refractivity (Wildman–Crippen MR) is 188 cm³/mol. The molecule has 4 atom stereocenters. The number of alkyl halides is 12. The Morgan fingerprint density at radius 2 is 1.00 bits per heavy atom. The molecule has 4 unspecified atom stereocenters. The van der Waals surface area contributed by atoms with Gasteiger partial charge in [-0.25, -0.2) is 13.6 Å².